The van der Waals surface area contributed by atoms with Gasteiger partial charge in [-0.2, -0.15) is 0 Å². The van der Waals surface area contributed by atoms with Crippen molar-refractivity contribution >= 4 is 10.8 Å². The first-order valence-corrected chi connectivity index (χ1v) is 7.09. The fourth-order valence-electron chi connectivity index (χ4n) is 2.34. The van der Waals surface area contributed by atoms with Crippen molar-refractivity contribution in [3.05, 3.63) is 42.2 Å². The first kappa shape index (κ1) is 14.0. The van der Waals surface area contributed by atoms with E-state index in [0.29, 0.717) is 0 Å². The molecule has 0 spiro atoms. The summed E-state index contributed by atoms with van der Waals surface area (Å²) in [5.41, 5.74) is 1.35. The number of likely N-dealkylation sites (N-methyl/N-ethyl adjacent to an activating group) is 1. The van der Waals surface area contributed by atoms with Crippen LogP contribution in [0, 0.1) is 0 Å². The minimum absolute atomic E-state index is 0.919. The predicted molar refractivity (Wildman–Crippen MR) is 81.2 cm³/mol. The van der Waals surface area contributed by atoms with Gasteiger partial charge in [0, 0.05) is 37.4 Å². The summed E-state index contributed by atoms with van der Waals surface area (Å²) in [5.74, 6) is 0. The van der Waals surface area contributed by atoms with Gasteiger partial charge in [0.25, 0.3) is 0 Å². The SMILES string of the molecule is CCN(CC)CCNCc1cccc2cnccc12. The highest BCUT2D eigenvalue weighted by Gasteiger charge is 2.01. The molecule has 1 aromatic heterocycles. The van der Waals surface area contributed by atoms with E-state index in [0.717, 1.165) is 32.7 Å². The highest BCUT2D eigenvalue weighted by molar-refractivity contribution is 5.84. The molecule has 0 bridgehead atoms. The number of fused-ring (bicyclic) bond motifs is 1. The summed E-state index contributed by atoms with van der Waals surface area (Å²) in [7, 11) is 0. The van der Waals surface area contributed by atoms with Crippen molar-refractivity contribution in [2.24, 2.45) is 0 Å². The lowest BCUT2D eigenvalue weighted by Crippen LogP contribution is -2.31. The summed E-state index contributed by atoms with van der Waals surface area (Å²) in [6, 6.07) is 8.50. The number of benzene rings is 1. The molecule has 0 saturated heterocycles. The molecule has 1 aromatic carbocycles. The van der Waals surface area contributed by atoms with Gasteiger partial charge in [-0.05, 0) is 30.1 Å². The van der Waals surface area contributed by atoms with Gasteiger partial charge in [-0.15, -0.1) is 0 Å². The molecular weight excluding hydrogens is 234 g/mol. The monoisotopic (exact) mass is 257 g/mol. The van der Waals surface area contributed by atoms with E-state index < -0.39 is 0 Å². The van der Waals surface area contributed by atoms with Gasteiger partial charge in [-0.3, -0.25) is 4.98 Å². The van der Waals surface area contributed by atoms with Crippen LogP contribution in [0.4, 0.5) is 0 Å². The lowest BCUT2D eigenvalue weighted by Gasteiger charge is -2.18. The number of rotatable bonds is 7. The van der Waals surface area contributed by atoms with E-state index in [-0.39, 0.29) is 0 Å². The van der Waals surface area contributed by atoms with Gasteiger partial charge in [-0.25, -0.2) is 0 Å². The van der Waals surface area contributed by atoms with Crippen LogP contribution in [0.2, 0.25) is 0 Å². The molecule has 0 radical (unpaired) electrons. The first-order valence-electron chi connectivity index (χ1n) is 7.09. The van der Waals surface area contributed by atoms with Crippen LogP contribution in [0.3, 0.4) is 0 Å². The number of pyridine rings is 1. The van der Waals surface area contributed by atoms with E-state index in [1.54, 1.807) is 0 Å². The molecule has 19 heavy (non-hydrogen) atoms. The molecule has 0 atom stereocenters. The average molecular weight is 257 g/mol. The fourth-order valence-corrected chi connectivity index (χ4v) is 2.34. The molecule has 0 unspecified atom stereocenters. The highest BCUT2D eigenvalue weighted by atomic mass is 15.1. The van der Waals surface area contributed by atoms with Gasteiger partial charge in [0.15, 0.2) is 0 Å². The maximum Gasteiger partial charge on any atom is 0.0346 e. The fraction of sp³-hybridized carbons (Fsp3) is 0.438. The van der Waals surface area contributed by atoms with E-state index in [2.05, 4.69) is 53.3 Å². The smallest absolute Gasteiger partial charge is 0.0346 e. The van der Waals surface area contributed by atoms with Crippen LogP contribution in [0.25, 0.3) is 10.8 Å². The summed E-state index contributed by atoms with van der Waals surface area (Å²) in [5, 5.41) is 6.04. The lowest BCUT2D eigenvalue weighted by atomic mass is 10.1. The van der Waals surface area contributed by atoms with Gasteiger partial charge in [0.1, 0.15) is 0 Å². The molecule has 1 N–H and O–H groups in total. The molecule has 3 nitrogen and oxygen atoms in total. The average Bonchev–Trinajstić information content (AvgIpc) is 2.47. The van der Waals surface area contributed by atoms with Crippen LogP contribution < -0.4 is 5.32 Å². The van der Waals surface area contributed by atoms with Gasteiger partial charge < -0.3 is 10.2 Å². The van der Waals surface area contributed by atoms with Gasteiger partial charge in [-0.1, -0.05) is 32.0 Å². The van der Waals surface area contributed by atoms with Crippen molar-refractivity contribution in [2.75, 3.05) is 26.2 Å². The van der Waals surface area contributed by atoms with Crippen LogP contribution >= 0.6 is 0 Å². The van der Waals surface area contributed by atoms with E-state index in [9.17, 15) is 0 Å². The number of nitrogens with zero attached hydrogens (tertiary/aromatic N) is 2. The molecule has 2 rings (SSSR count). The summed E-state index contributed by atoms with van der Waals surface area (Å²) >= 11 is 0. The normalized spacial score (nSPS) is 11.3. The number of nitrogens with one attached hydrogen (secondary N) is 1. The number of hydrogen-bond acceptors (Lipinski definition) is 3. The van der Waals surface area contributed by atoms with Crippen molar-refractivity contribution in [1.29, 1.82) is 0 Å². The second-order valence-corrected chi connectivity index (χ2v) is 4.72. The summed E-state index contributed by atoms with van der Waals surface area (Å²) in [6.45, 7) is 9.73. The molecule has 0 aliphatic carbocycles. The van der Waals surface area contributed by atoms with Gasteiger partial charge in [0.2, 0.25) is 0 Å². The van der Waals surface area contributed by atoms with E-state index in [1.807, 2.05) is 12.4 Å². The maximum atomic E-state index is 4.17. The molecular formula is C16H23N3. The van der Waals surface area contributed by atoms with E-state index in [4.69, 9.17) is 0 Å². The first-order chi connectivity index (χ1) is 9.35. The molecule has 0 amide bonds. The quantitative estimate of drug-likeness (QED) is 0.773. The molecule has 1 heterocycles. The minimum Gasteiger partial charge on any atom is -0.311 e. The Labute approximate surface area is 115 Å². The predicted octanol–water partition coefficient (Wildman–Crippen LogP) is 2.67. The molecule has 102 valence electrons. The third-order valence-corrected chi connectivity index (χ3v) is 3.59. The minimum atomic E-state index is 0.919. The van der Waals surface area contributed by atoms with Crippen LogP contribution in [0.5, 0.6) is 0 Å². The topological polar surface area (TPSA) is 28.2 Å². The van der Waals surface area contributed by atoms with Gasteiger partial charge >= 0.3 is 0 Å². The van der Waals surface area contributed by atoms with E-state index in [1.165, 1.54) is 16.3 Å². The lowest BCUT2D eigenvalue weighted by molar-refractivity contribution is 0.302. The zero-order valence-electron chi connectivity index (χ0n) is 11.9. The van der Waals surface area contributed by atoms with Crippen LogP contribution in [-0.4, -0.2) is 36.1 Å². The third-order valence-electron chi connectivity index (χ3n) is 3.59. The Morgan fingerprint density at radius 3 is 2.79 bits per heavy atom. The zero-order chi connectivity index (χ0) is 13.5. The Bertz CT molecular complexity index is 501. The van der Waals surface area contributed by atoms with Gasteiger partial charge in [0.05, 0.1) is 0 Å². The Balaban J connectivity index is 1.91. The number of hydrogen-bond donors (Lipinski definition) is 1. The Kier molecular flexibility index (Phi) is 5.31. The summed E-state index contributed by atoms with van der Waals surface area (Å²) < 4.78 is 0. The molecule has 3 heteroatoms. The zero-order valence-corrected chi connectivity index (χ0v) is 11.9. The van der Waals surface area contributed by atoms with Crippen LogP contribution in [-0.2, 0) is 6.54 Å². The van der Waals surface area contributed by atoms with Crippen LogP contribution in [0.15, 0.2) is 36.7 Å². The highest BCUT2D eigenvalue weighted by Crippen LogP contribution is 2.16. The van der Waals surface area contributed by atoms with Crippen molar-refractivity contribution in [3.8, 4) is 0 Å². The largest absolute Gasteiger partial charge is 0.311 e. The Morgan fingerprint density at radius 1 is 1.16 bits per heavy atom. The number of aromatic nitrogens is 1. The maximum absolute atomic E-state index is 4.17. The molecule has 0 aliphatic heterocycles. The third kappa shape index (κ3) is 3.75. The Hall–Kier alpha value is -1.45. The molecule has 0 aliphatic rings. The van der Waals surface area contributed by atoms with Crippen molar-refractivity contribution in [2.45, 2.75) is 20.4 Å². The van der Waals surface area contributed by atoms with Crippen molar-refractivity contribution < 1.29 is 0 Å². The second kappa shape index (κ2) is 7.22. The Morgan fingerprint density at radius 2 is 2.00 bits per heavy atom. The van der Waals surface area contributed by atoms with E-state index >= 15 is 0 Å². The van der Waals surface area contributed by atoms with Crippen LogP contribution in [0.1, 0.15) is 19.4 Å². The second-order valence-electron chi connectivity index (χ2n) is 4.72. The standard InChI is InChI=1S/C16H23N3/c1-3-19(4-2)11-10-18-13-15-7-5-6-14-12-17-9-8-16(14)15/h5-9,12,18H,3-4,10-11,13H2,1-2H3. The molecule has 2 aromatic rings. The van der Waals surface area contributed by atoms with Crippen molar-refractivity contribution in [1.82, 2.24) is 15.2 Å². The summed E-state index contributed by atoms with van der Waals surface area (Å²) in [4.78, 5) is 6.60. The molecule has 0 saturated carbocycles. The molecule has 0 fully saturated rings. The van der Waals surface area contributed by atoms with Crippen molar-refractivity contribution in [3.63, 3.8) is 0 Å². The summed E-state index contributed by atoms with van der Waals surface area (Å²) in [6.07, 6.45) is 3.79.